The van der Waals surface area contributed by atoms with Crippen LogP contribution < -0.4 is 5.32 Å². The van der Waals surface area contributed by atoms with Crippen LogP contribution in [-0.4, -0.2) is 25.0 Å². The molecule has 0 heterocycles. The van der Waals surface area contributed by atoms with Gasteiger partial charge in [0.05, 0.1) is 7.11 Å². The van der Waals surface area contributed by atoms with E-state index in [0.717, 1.165) is 16.5 Å². The highest BCUT2D eigenvalue weighted by atomic mass is 79.9. The molecule has 0 spiro atoms. The maximum atomic E-state index is 12.1. The number of amides is 1. The largest absolute Gasteiger partial charge is 0.467 e. The van der Waals surface area contributed by atoms with Gasteiger partial charge in [-0.25, -0.2) is 4.79 Å². The molecule has 0 aromatic heterocycles. The molecule has 1 atom stereocenters. The van der Waals surface area contributed by atoms with E-state index in [2.05, 4.69) is 26.0 Å². The SMILES string of the molecule is CCC[C@H](NC(=O)c1ccc(Br)c(C)c1)C(=O)OC. The minimum atomic E-state index is -0.591. The summed E-state index contributed by atoms with van der Waals surface area (Å²) in [5.74, 6) is -0.677. The Labute approximate surface area is 121 Å². The van der Waals surface area contributed by atoms with Crippen molar-refractivity contribution in [2.45, 2.75) is 32.7 Å². The fraction of sp³-hybridized carbons (Fsp3) is 0.429. The summed E-state index contributed by atoms with van der Waals surface area (Å²) in [7, 11) is 1.32. The number of nitrogens with one attached hydrogen (secondary N) is 1. The second-order valence-electron chi connectivity index (χ2n) is 4.30. The molecule has 1 N–H and O–H groups in total. The summed E-state index contributed by atoms with van der Waals surface area (Å²) >= 11 is 3.38. The highest BCUT2D eigenvalue weighted by Crippen LogP contribution is 2.17. The highest BCUT2D eigenvalue weighted by molar-refractivity contribution is 9.10. The topological polar surface area (TPSA) is 55.4 Å². The van der Waals surface area contributed by atoms with Crippen LogP contribution in [0.4, 0.5) is 0 Å². The molecule has 0 saturated heterocycles. The number of ether oxygens (including phenoxy) is 1. The molecular weight excluding hydrogens is 310 g/mol. The molecule has 1 rings (SSSR count). The Hall–Kier alpha value is -1.36. The van der Waals surface area contributed by atoms with E-state index < -0.39 is 12.0 Å². The van der Waals surface area contributed by atoms with E-state index in [-0.39, 0.29) is 5.91 Å². The number of methoxy groups -OCH3 is 1. The van der Waals surface area contributed by atoms with E-state index in [4.69, 9.17) is 0 Å². The van der Waals surface area contributed by atoms with Gasteiger partial charge >= 0.3 is 5.97 Å². The highest BCUT2D eigenvalue weighted by Gasteiger charge is 2.21. The average molecular weight is 328 g/mol. The van der Waals surface area contributed by atoms with Gasteiger partial charge in [0, 0.05) is 10.0 Å². The van der Waals surface area contributed by atoms with Crippen molar-refractivity contribution in [1.29, 1.82) is 0 Å². The molecule has 1 aromatic carbocycles. The Morgan fingerprint density at radius 1 is 1.42 bits per heavy atom. The number of esters is 1. The molecule has 1 aromatic rings. The van der Waals surface area contributed by atoms with Gasteiger partial charge in [0.1, 0.15) is 6.04 Å². The van der Waals surface area contributed by atoms with Gasteiger partial charge in [-0.1, -0.05) is 29.3 Å². The smallest absolute Gasteiger partial charge is 0.328 e. The van der Waals surface area contributed by atoms with Gasteiger partial charge in [-0.15, -0.1) is 0 Å². The molecule has 0 aliphatic carbocycles. The van der Waals surface area contributed by atoms with Crippen LogP contribution in [0.3, 0.4) is 0 Å². The summed E-state index contributed by atoms with van der Waals surface area (Å²) in [5, 5.41) is 2.70. The van der Waals surface area contributed by atoms with E-state index in [1.807, 2.05) is 19.9 Å². The lowest BCUT2D eigenvalue weighted by Gasteiger charge is -2.16. The van der Waals surface area contributed by atoms with Crippen molar-refractivity contribution in [2.24, 2.45) is 0 Å². The fourth-order valence-electron chi connectivity index (χ4n) is 1.71. The minimum Gasteiger partial charge on any atom is -0.467 e. The first-order valence-electron chi connectivity index (χ1n) is 6.14. The zero-order valence-electron chi connectivity index (χ0n) is 11.3. The van der Waals surface area contributed by atoms with Crippen LogP contribution in [0.15, 0.2) is 22.7 Å². The lowest BCUT2D eigenvalue weighted by molar-refractivity contribution is -0.143. The van der Waals surface area contributed by atoms with Crippen molar-refractivity contribution in [3.63, 3.8) is 0 Å². The predicted octanol–water partition coefficient (Wildman–Crippen LogP) is 2.83. The lowest BCUT2D eigenvalue weighted by Crippen LogP contribution is -2.41. The van der Waals surface area contributed by atoms with Gasteiger partial charge in [0.15, 0.2) is 0 Å². The van der Waals surface area contributed by atoms with E-state index in [1.54, 1.807) is 12.1 Å². The zero-order valence-corrected chi connectivity index (χ0v) is 12.9. The predicted molar refractivity (Wildman–Crippen MR) is 77.1 cm³/mol. The summed E-state index contributed by atoms with van der Waals surface area (Å²) in [6.45, 7) is 3.86. The third-order valence-electron chi connectivity index (χ3n) is 2.79. The fourth-order valence-corrected chi connectivity index (χ4v) is 1.95. The number of halogens is 1. The molecule has 0 aliphatic rings. The molecule has 0 unspecified atom stereocenters. The lowest BCUT2D eigenvalue weighted by atomic mass is 10.1. The van der Waals surface area contributed by atoms with Crippen LogP contribution in [-0.2, 0) is 9.53 Å². The number of hydrogen-bond donors (Lipinski definition) is 1. The molecule has 0 fully saturated rings. The van der Waals surface area contributed by atoms with E-state index in [1.165, 1.54) is 7.11 Å². The number of benzene rings is 1. The van der Waals surface area contributed by atoms with Crippen molar-refractivity contribution < 1.29 is 14.3 Å². The first kappa shape index (κ1) is 15.7. The normalized spacial score (nSPS) is 11.8. The molecule has 19 heavy (non-hydrogen) atoms. The first-order valence-corrected chi connectivity index (χ1v) is 6.93. The standard InChI is InChI=1S/C14H18BrNO3/c1-4-5-12(14(18)19-3)16-13(17)10-6-7-11(15)9(2)8-10/h6-8,12H,4-5H2,1-3H3,(H,16,17)/t12-/m0/s1. The molecule has 4 nitrogen and oxygen atoms in total. The molecule has 0 aliphatic heterocycles. The Morgan fingerprint density at radius 2 is 2.11 bits per heavy atom. The Morgan fingerprint density at radius 3 is 2.63 bits per heavy atom. The van der Waals surface area contributed by atoms with Crippen LogP contribution in [0, 0.1) is 6.92 Å². The van der Waals surface area contributed by atoms with Crippen LogP contribution in [0.5, 0.6) is 0 Å². The van der Waals surface area contributed by atoms with Crippen LogP contribution in [0.25, 0.3) is 0 Å². The second-order valence-corrected chi connectivity index (χ2v) is 5.16. The van der Waals surface area contributed by atoms with Crippen molar-refractivity contribution in [3.8, 4) is 0 Å². The number of carbonyl (C=O) groups excluding carboxylic acids is 2. The Balaban J connectivity index is 2.81. The molecule has 0 bridgehead atoms. The summed E-state index contributed by atoms with van der Waals surface area (Å²) in [5.41, 5.74) is 1.50. The van der Waals surface area contributed by atoms with Crippen LogP contribution in [0.1, 0.15) is 35.7 Å². The maximum Gasteiger partial charge on any atom is 0.328 e. The van der Waals surface area contributed by atoms with Crippen molar-refractivity contribution >= 4 is 27.8 Å². The Kier molecular flexibility index (Phi) is 6.02. The van der Waals surface area contributed by atoms with Crippen LogP contribution in [0.2, 0.25) is 0 Å². The molecule has 0 radical (unpaired) electrons. The minimum absolute atomic E-state index is 0.264. The molecule has 104 valence electrons. The second kappa shape index (κ2) is 7.28. The Bertz CT molecular complexity index is 474. The first-order chi connectivity index (χ1) is 8.99. The third-order valence-corrected chi connectivity index (χ3v) is 3.68. The van der Waals surface area contributed by atoms with Gasteiger partial charge in [-0.3, -0.25) is 4.79 Å². The number of rotatable bonds is 5. The summed E-state index contributed by atoms with van der Waals surface area (Å²) in [4.78, 5) is 23.6. The summed E-state index contributed by atoms with van der Waals surface area (Å²) in [6, 6.07) is 4.72. The molecular formula is C14H18BrNO3. The third kappa shape index (κ3) is 4.35. The van der Waals surface area contributed by atoms with Gasteiger partial charge in [0.2, 0.25) is 0 Å². The quantitative estimate of drug-likeness (QED) is 0.846. The van der Waals surface area contributed by atoms with Gasteiger partial charge in [0.25, 0.3) is 5.91 Å². The molecule has 1 amide bonds. The van der Waals surface area contributed by atoms with Crippen molar-refractivity contribution in [1.82, 2.24) is 5.32 Å². The summed E-state index contributed by atoms with van der Waals surface area (Å²) < 4.78 is 5.63. The van der Waals surface area contributed by atoms with Crippen LogP contribution >= 0.6 is 15.9 Å². The zero-order chi connectivity index (χ0) is 14.4. The number of hydrogen-bond acceptors (Lipinski definition) is 3. The monoisotopic (exact) mass is 327 g/mol. The molecule has 0 saturated carbocycles. The van der Waals surface area contributed by atoms with Crippen molar-refractivity contribution in [3.05, 3.63) is 33.8 Å². The number of carbonyl (C=O) groups is 2. The van der Waals surface area contributed by atoms with Gasteiger partial charge < -0.3 is 10.1 Å². The van der Waals surface area contributed by atoms with Gasteiger partial charge in [-0.05, 0) is 37.1 Å². The average Bonchev–Trinajstić information content (AvgIpc) is 2.40. The van der Waals surface area contributed by atoms with Gasteiger partial charge in [-0.2, -0.15) is 0 Å². The van der Waals surface area contributed by atoms with E-state index in [0.29, 0.717) is 12.0 Å². The maximum absolute atomic E-state index is 12.1. The number of aryl methyl sites for hydroxylation is 1. The van der Waals surface area contributed by atoms with E-state index in [9.17, 15) is 9.59 Å². The van der Waals surface area contributed by atoms with E-state index >= 15 is 0 Å². The molecule has 5 heteroatoms. The van der Waals surface area contributed by atoms with Crippen molar-refractivity contribution in [2.75, 3.05) is 7.11 Å². The summed E-state index contributed by atoms with van der Waals surface area (Å²) in [6.07, 6.45) is 1.35.